The fraction of sp³-hybridized carbons (Fsp3) is 0.321. The molecule has 1 aliphatic heterocycles. The lowest BCUT2D eigenvalue weighted by Crippen LogP contribution is -2.46. The number of aromatic carboxylic acids is 1. The Bertz CT molecular complexity index is 1610. The molecule has 2 amide bonds. The number of halogens is 1. The quantitative estimate of drug-likeness (QED) is 0.182. The molecule has 5 N–H and O–H groups in total. The molecule has 43 heavy (non-hydrogen) atoms. The van der Waals surface area contributed by atoms with Gasteiger partial charge in [0.1, 0.15) is 0 Å². The largest absolute Gasteiger partial charge is 0.479 e. The first-order valence-electron chi connectivity index (χ1n) is 13.4. The van der Waals surface area contributed by atoms with E-state index in [2.05, 4.69) is 31.9 Å². The number of carboxylic acids is 2. The number of amides is 2. The maximum absolute atomic E-state index is 14.2. The number of nitrogens with one attached hydrogen (secondary N) is 3. The van der Waals surface area contributed by atoms with E-state index < -0.39 is 34.6 Å². The zero-order valence-corrected chi connectivity index (χ0v) is 26.4. The van der Waals surface area contributed by atoms with E-state index in [1.54, 1.807) is 55.5 Å². The highest BCUT2D eigenvalue weighted by atomic mass is 79.9. The van der Waals surface area contributed by atoms with Gasteiger partial charge in [-0.05, 0) is 78.1 Å². The number of rotatable bonds is 12. The van der Waals surface area contributed by atoms with Crippen LogP contribution in [-0.4, -0.2) is 68.9 Å². The van der Waals surface area contributed by atoms with Gasteiger partial charge in [0.2, 0.25) is 10.0 Å². The molecule has 230 valence electrons. The average molecular weight is 696 g/mol. The maximum atomic E-state index is 14.2. The highest BCUT2D eigenvalue weighted by Gasteiger charge is 2.33. The van der Waals surface area contributed by atoms with Crippen molar-refractivity contribution in [1.82, 2.24) is 10.6 Å². The van der Waals surface area contributed by atoms with E-state index in [0.717, 1.165) is 11.3 Å². The minimum atomic E-state index is -4.00. The van der Waals surface area contributed by atoms with Crippen LogP contribution < -0.4 is 25.0 Å². The van der Waals surface area contributed by atoms with Crippen LogP contribution in [0.25, 0.3) is 10.4 Å². The molecular weight excluding hydrogens is 664 g/mol. The Kier molecular flexibility index (Phi) is 10.7. The van der Waals surface area contributed by atoms with Gasteiger partial charge in [-0.15, -0.1) is 11.3 Å². The van der Waals surface area contributed by atoms with Gasteiger partial charge in [-0.3, -0.25) is 4.31 Å². The number of urea groups is 1. The van der Waals surface area contributed by atoms with E-state index in [1.807, 2.05) is 0 Å². The molecule has 2 heterocycles. The summed E-state index contributed by atoms with van der Waals surface area (Å²) in [4.78, 5) is 35.4. The number of benzene rings is 2. The predicted octanol–water partition coefficient (Wildman–Crippen LogP) is 4.57. The Balaban J connectivity index is 1.75. The maximum Gasteiger partial charge on any atom is 0.349 e. The number of carbonyl (C=O) groups is 3. The molecule has 4 rings (SSSR count). The molecule has 1 fully saturated rings. The molecule has 15 heteroatoms. The zero-order chi connectivity index (χ0) is 31.1. The molecule has 2 aromatic carbocycles. The number of hydrogen-bond donors (Lipinski definition) is 5. The number of sulfonamides is 1. The van der Waals surface area contributed by atoms with Crippen LogP contribution >= 0.6 is 27.3 Å². The highest BCUT2D eigenvalue weighted by Crippen LogP contribution is 2.46. The van der Waals surface area contributed by atoms with Gasteiger partial charge in [0, 0.05) is 18.3 Å². The number of thiophene rings is 1. The second kappa shape index (κ2) is 14.2. The SMILES string of the molecule is CCNC(=O)Nc1ccccc1CS(=O)(=O)N(c1cccc(-c2sc(C(=O)O)c(OCC(=O)O)c2Br)c1)C1CCNCC1. The molecule has 1 aliphatic rings. The van der Waals surface area contributed by atoms with Crippen molar-refractivity contribution < 1.29 is 37.8 Å². The summed E-state index contributed by atoms with van der Waals surface area (Å²) >= 11 is 4.26. The molecule has 0 atom stereocenters. The molecule has 3 aromatic rings. The summed E-state index contributed by atoms with van der Waals surface area (Å²) in [5.74, 6) is -3.03. The Morgan fingerprint density at radius 3 is 2.51 bits per heavy atom. The van der Waals surface area contributed by atoms with E-state index in [1.165, 1.54) is 4.31 Å². The van der Waals surface area contributed by atoms with Crippen LogP contribution in [0.2, 0.25) is 0 Å². The fourth-order valence-corrected chi connectivity index (χ4v) is 8.54. The first kappa shape index (κ1) is 32.3. The van der Waals surface area contributed by atoms with E-state index in [0.29, 0.717) is 59.9 Å². The summed E-state index contributed by atoms with van der Waals surface area (Å²) in [6.07, 6.45) is 1.14. The van der Waals surface area contributed by atoms with Gasteiger partial charge in [0.15, 0.2) is 17.2 Å². The summed E-state index contributed by atoms with van der Waals surface area (Å²) in [7, 11) is -4.00. The minimum absolute atomic E-state index is 0.112. The number of carboxylic acid groups (broad SMARTS) is 2. The number of piperidine rings is 1. The molecule has 0 radical (unpaired) electrons. The Morgan fingerprint density at radius 2 is 1.84 bits per heavy atom. The third-order valence-electron chi connectivity index (χ3n) is 6.59. The molecule has 12 nitrogen and oxygen atoms in total. The average Bonchev–Trinajstić information content (AvgIpc) is 3.30. The van der Waals surface area contributed by atoms with Crippen LogP contribution in [0, 0.1) is 0 Å². The minimum Gasteiger partial charge on any atom is -0.479 e. The molecule has 1 aromatic heterocycles. The molecule has 0 aliphatic carbocycles. The van der Waals surface area contributed by atoms with E-state index in [-0.39, 0.29) is 26.9 Å². The van der Waals surface area contributed by atoms with Crippen molar-refractivity contribution in [3.05, 3.63) is 63.4 Å². The first-order valence-corrected chi connectivity index (χ1v) is 16.6. The van der Waals surface area contributed by atoms with Gasteiger partial charge < -0.3 is 30.9 Å². The van der Waals surface area contributed by atoms with E-state index in [9.17, 15) is 27.9 Å². The number of hydrogen-bond acceptors (Lipinski definition) is 8. The smallest absolute Gasteiger partial charge is 0.349 e. The lowest BCUT2D eigenvalue weighted by Gasteiger charge is -2.36. The Morgan fingerprint density at radius 1 is 1.12 bits per heavy atom. The lowest BCUT2D eigenvalue weighted by molar-refractivity contribution is -0.139. The van der Waals surface area contributed by atoms with Crippen LogP contribution in [-0.2, 0) is 20.6 Å². The molecular formula is C28H31BrN4O8S2. The van der Waals surface area contributed by atoms with Crippen molar-refractivity contribution in [1.29, 1.82) is 0 Å². The molecule has 0 saturated carbocycles. The van der Waals surface area contributed by atoms with Gasteiger partial charge >= 0.3 is 18.0 Å². The summed E-state index contributed by atoms with van der Waals surface area (Å²) in [6.45, 7) is 2.73. The second-order valence-corrected chi connectivity index (χ2v) is 13.3. The van der Waals surface area contributed by atoms with Crippen molar-refractivity contribution >= 4 is 66.6 Å². The number of carbonyl (C=O) groups excluding carboxylic acids is 1. The second-order valence-electron chi connectivity index (χ2n) is 9.62. The lowest BCUT2D eigenvalue weighted by atomic mass is 10.1. The number of nitrogens with zero attached hydrogens (tertiary/aromatic N) is 1. The van der Waals surface area contributed by atoms with E-state index >= 15 is 0 Å². The standard InChI is InChI=1S/C28H31BrN4O8S2/c1-2-31-28(38)32-21-9-4-3-6-18(21)16-43(39,40)33(19-10-12-30-13-11-19)20-8-5-7-17(14-20)25-23(29)24(41-15-22(34)35)26(42-25)27(36)37/h3-9,14,19,30H,2,10-13,15-16H2,1H3,(H,34,35)(H,36,37)(H2,31,32,38). The normalized spacial score (nSPS) is 13.7. The van der Waals surface area contributed by atoms with Crippen molar-refractivity contribution in [3.8, 4) is 16.2 Å². The fourth-order valence-electron chi connectivity index (χ4n) is 4.77. The third-order valence-corrected chi connectivity index (χ3v) is 10.6. The summed E-state index contributed by atoms with van der Waals surface area (Å²) < 4.78 is 35.3. The molecule has 0 bridgehead atoms. The third kappa shape index (κ3) is 7.84. The van der Waals surface area contributed by atoms with Gasteiger partial charge in [-0.2, -0.15) is 0 Å². The van der Waals surface area contributed by atoms with Crippen LogP contribution in [0.5, 0.6) is 5.75 Å². The summed E-state index contributed by atoms with van der Waals surface area (Å²) in [5, 5.41) is 27.4. The Hall–Kier alpha value is -3.66. The van der Waals surface area contributed by atoms with Crippen LogP contribution in [0.3, 0.4) is 0 Å². The van der Waals surface area contributed by atoms with Crippen LogP contribution in [0.4, 0.5) is 16.2 Å². The number of aliphatic carboxylic acids is 1. The van der Waals surface area contributed by atoms with Crippen molar-refractivity contribution in [2.24, 2.45) is 0 Å². The van der Waals surface area contributed by atoms with Gasteiger partial charge in [0.05, 0.1) is 20.8 Å². The number of ether oxygens (including phenoxy) is 1. The first-order chi connectivity index (χ1) is 20.5. The number of para-hydroxylation sites is 1. The zero-order valence-electron chi connectivity index (χ0n) is 23.1. The molecule has 1 saturated heterocycles. The van der Waals surface area contributed by atoms with Crippen molar-refractivity contribution in [2.45, 2.75) is 31.6 Å². The summed E-state index contributed by atoms with van der Waals surface area (Å²) in [5.41, 5.74) is 1.73. The Labute approximate surface area is 261 Å². The van der Waals surface area contributed by atoms with Gasteiger partial charge in [-0.25, -0.2) is 22.8 Å². The molecule has 0 unspecified atom stereocenters. The van der Waals surface area contributed by atoms with Crippen LogP contribution in [0.1, 0.15) is 35.0 Å². The topological polar surface area (TPSA) is 174 Å². The van der Waals surface area contributed by atoms with E-state index in [4.69, 9.17) is 9.84 Å². The van der Waals surface area contributed by atoms with Gasteiger partial charge in [0.25, 0.3) is 0 Å². The van der Waals surface area contributed by atoms with Crippen LogP contribution in [0.15, 0.2) is 53.0 Å². The van der Waals surface area contributed by atoms with Crippen molar-refractivity contribution in [2.75, 3.05) is 35.9 Å². The van der Waals surface area contributed by atoms with Crippen molar-refractivity contribution in [3.63, 3.8) is 0 Å². The summed E-state index contributed by atoms with van der Waals surface area (Å²) in [6, 6.07) is 12.7. The predicted molar refractivity (Wildman–Crippen MR) is 168 cm³/mol. The monoisotopic (exact) mass is 694 g/mol. The molecule has 0 spiro atoms. The number of anilines is 2. The highest BCUT2D eigenvalue weighted by molar-refractivity contribution is 9.10. The van der Waals surface area contributed by atoms with Gasteiger partial charge in [-0.1, -0.05) is 30.3 Å².